The fourth-order valence-corrected chi connectivity index (χ4v) is 1.81. The van der Waals surface area contributed by atoms with Crippen molar-refractivity contribution in [3.05, 3.63) is 35.4 Å². The summed E-state index contributed by atoms with van der Waals surface area (Å²) in [7, 11) is 0. The molecule has 0 fully saturated rings. The number of carbonyl (C=O) groups excluding carboxylic acids is 2. The predicted octanol–water partition coefficient (Wildman–Crippen LogP) is 2.57. The molecule has 0 saturated heterocycles. The monoisotopic (exact) mass is 275 g/mol. The Labute approximate surface area is 105 Å². The van der Waals surface area contributed by atoms with Gasteiger partial charge in [-0.1, -0.05) is 12.1 Å². The van der Waals surface area contributed by atoms with Gasteiger partial charge in [0.05, 0.1) is 11.1 Å². The van der Waals surface area contributed by atoms with Gasteiger partial charge in [0.25, 0.3) is 11.8 Å². The Hall–Kier alpha value is -1.92. The number of rotatable bonds is 4. The second-order valence-corrected chi connectivity index (χ2v) is 4.12. The molecular formula is C12H9F4NO2. The zero-order valence-electron chi connectivity index (χ0n) is 9.58. The fraction of sp³-hybridized carbons (Fsp3) is 0.333. The predicted molar refractivity (Wildman–Crippen MR) is 57.4 cm³/mol. The van der Waals surface area contributed by atoms with E-state index in [0.29, 0.717) is 4.90 Å². The maximum absolute atomic E-state index is 12.8. The highest BCUT2D eigenvalue weighted by Gasteiger charge is 2.43. The van der Waals surface area contributed by atoms with E-state index < -0.39 is 37.1 Å². The van der Waals surface area contributed by atoms with Crippen LogP contribution in [0.5, 0.6) is 0 Å². The number of amides is 2. The minimum Gasteiger partial charge on any atom is -0.274 e. The number of halogens is 4. The summed E-state index contributed by atoms with van der Waals surface area (Å²) in [6.07, 6.45) is -5.07. The third kappa shape index (κ3) is 2.32. The zero-order chi connectivity index (χ0) is 14.2. The number of hydrogen-bond acceptors (Lipinski definition) is 2. The van der Waals surface area contributed by atoms with Crippen molar-refractivity contribution in [2.24, 2.45) is 0 Å². The van der Waals surface area contributed by atoms with E-state index >= 15 is 0 Å². The van der Waals surface area contributed by atoms with Gasteiger partial charge in [-0.25, -0.2) is 17.6 Å². The van der Waals surface area contributed by atoms with Crippen molar-refractivity contribution in [2.75, 3.05) is 6.54 Å². The molecule has 1 aliphatic heterocycles. The highest BCUT2D eigenvalue weighted by Crippen LogP contribution is 2.29. The third-order valence-corrected chi connectivity index (χ3v) is 2.87. The molecule has 0 unspecified atom stereocenters. The van der Waals surface area contributed by atoms with Crippen LogP contribution in [0.4, 0.5) is 17.6 Å². The Bertz CT molecular complexity index is 495. The van der Waals surface area contributed by atoms with Gasteiger partial charge >= 0.3 is 12.3 Å². The fourth-order valence-electron chi connectivity index (χ4n) is 1.81. The Morgan fingerprint density at radius 2 is 1.53 bits per heavy atom. The van der Waals surface area contributed by atoms with Crippen LogP contribution in [0.1, 0.15) is 27.1 Å². The van der Waals surface area contributed by atoms with Gasteiger partial charge in [0.1, 0.15) is 0 Å². The van der Waals surface area contributed by atoms with Crippen LogP contribution in [0.25, 0.3) is 0 Å². The number of fused-ring (bicyclic) bond motifs is 1. The van der Waals surface area contributed by atoms with Gasteiger partial charge in [-0.15, -0.1) is 0 Å². The van der Waals surface area contributed by atoms with Crippen molar-refractivity contribution in [1.82, 2.24) is 4.90 Å². The van der Waals surface area contributed by atoms with Crippen molar-refractivity contribution in [3.63, 3.8) is 0 Å². The molecule has 0 bridgehead atoms. The maximum Gasteiger partial charge on any atom is 0.309 e. The van der Waals surface area contributed by atoms with E-state index in [1.54, 1.807) is 0 Å². The number of alkyl halides is 4. The molecule has 1 aliphatic rings. The molecule has 2 amide bonds. The highest BCUT2D eigenvalue weighted by atomic mass is 19.3. The van der Waals surface area contributed by atoms with Gasteiger partial charge in [-0.2, -0.15) is 0 Å². The largest absolute Gasteiger partial charge is 0.309 e. The SMILES string of the molecule is O=C1c2ccccc2C(=O)N1CCC(F)(F)C(F)F. The van der Waals surface area contributed by atoms with E-state index in [2.05, 4.69) is 0 Å². The lowest BCUT2D eigenvalue weighted by atomic mass is 10.1. The lowest BCUT2D eigenvalue weighted by Gasteiger charge is -2.19. The summed E-state index contributed by atoms with van der Waals surface area (Å²) in [5.74, 6) is -5.67. The molecule has 0 atom stereocenters. The Kier molecular flexibility index (Phi) is 3.30. The molecule has 19 heavy (non-hydrogen) atoms. The molecular weight excluding hydrogens is 266 g/mol. The minimum atomic E-state index is -4.21. The van der Waals surface area contributed by atoms with Crippen LogP contribution in [-0.2, 0) is 0 Å². The topological polar surface area (TPSA) is 37.4 Å². The van der Waals surface area contributed by atoms with Crippen molar-refractivity contribution in [1.29, 1.82) is 0 Å². The van der Waals surface area contributed by atoms with Crippen molar-refractivity contribution < 1.29 is 27.2 Å². The highest BCUT2D eigenvalue weighted by molar-refractivity contribution is 6.21. The molecule has 0 saturated carbocycles. The lowest BCUT2D eigenvalue weighted by molar-refractivity contribution is -0.133. The van der Waals surface area contributed by atoms with E-state index in [1.165, 1.54) is 24.3 Å². The van der Waals surface area contributed by atoms with Crippen LogP contribution < -0.4 is 0 Å². The van der Waals surface area contributed by atoms with Gasteiger partial charge in [-0.3, -0.25) is 14.5 Å². The van der Waals surface area contributed by atoms with Gasteiger partial charge in [0.15, 0.2) is 0 Å². The van der Waals surface area contributed by atoms with Gasteiger partial charge in [-0.05, 0) is 12.1 Å². The number of carbonyl (C=O) groups is 2. The number of nitrogens with zero attached hydrogens (tertiary/aromatic N) is 1. The quantitative estimate of drug-likeness (QED) is 0.625. The van der Waals surface area contributed by atoms with Crippen LogP contribution in [0.2, 0.25) is 0 Å². The van der Waals surface area contributed by atoms with Crippen LogP contribution in [0.3, 0.4) is 0 Å². The zero-order valence-corrected chi connectivity index (χ0v) is 9.58. The summed E-state index contributed by atoms with van der Waals surface area (Å²) in [6.45, 7) is -0.732. The van der Waals surface area contributed by atoms with Crippen molar-refractivity contribution >= 4 is 11.8 Å². The summed E-state index contributed by atoms with van der Waals surface area (Å²) in [5, 5.41) is 0. The average molecular weight is 275 g/mol. The Balaban J connectivity index is 2.13. The summed E-state index contributed by atoms with van der Waals surface area (Å²) in [5.41, 5.74) is 0.209. The van der Waals surface area contributed by atoms with Crippen LogP contribution in [-0.4, -0.2) is 35.6 Å². The molecule has 0 radical (unpaired) electrons. The van der Waals surface area contributed by atoms with Gasteiger partial charge in [0.2, 0.25) is 0 Å². The van der Waals surface area contributed by atoms with Crippen LogP contribution in [0.15, 0.2) is 24.3 Å². The first-order valence-corrected chi connectivity index (χ1v) is 5.46. The van der Waals surface area contributed by atoms with E-state index in [1.807, 2.05) is 0 Å². The van der Waals surface area contributed by atoms with E-state index in [9.17, 15) is 27.2 Å². The normalized spacial score (nSPS) is 15.3. The van der Waals surface area contributed by atoms with E-state index in [0.717, 1.165) is 0 Å². The maximum atomic E-state index is 12.8. The first-order valence-electron chi connectivity index (χ1n) is 5.46. The molecule has 2 rings (SSSR count). The first kappa shape index (κ1) is 13.5. The average Bonchev–Trinajstić information content (AvgIpc) is 2.60. The lowest BCUT2D eigenvalue weighted by Crippen LogP contribution is -2.36. The molecule has 1 heterocycles. The Morgan fingerprint density at radius 1 is 1.05 bits per heavy atom. The first-order chi connectivity index (χ1) is 8.84. The number of imide groups is 1. The number of benzene rings is 1. The molecule has 1 aromatic carbocycles. The minimum absolute atomic E-state index is 0.105. The molecule has 0 aromatic heterocycles. The van der Waals surface area contributed by atoms with E-state index in [-0.39, 0.29) is 11.1 Å². The van der Waals surface area contributed by atoms with Gasteiger partial charge in [0, 0.05) is 13.0 Å². The van der Waals surface area contributed by atoms with Crippen LogP contribution in [0, 0.1) is 0 Å². The summed E-state index contributed by atoms with van der Waals surface area (Å²) in [6, 6.07) is 5.84. The van der Waals surface area contributed by atoms with Crippen LogP contribution >= 0.6 is 0 Å². The summed E-state index contributed by atoms with van der Waals surface area (Å²) >= 11 is 0. The van der Waals surface area contributed by atoms with Crippen molar-refractivity contribution in [2.45, 2.75) is 18.8 Å². The Morgan fingerprint density at radius 3 is 1.95 bits per heavy atom. The summed E-state index contributed by atoms with van der Waals surface area (Å²) in [4.78, 5) is 24.1. The van der Waals surface area contributed by atoms with Crippen molar-refractivity contribution in [3.8, 4) is 0 Å². The molecule has 1 aromatic rings. The summed E-state index contributed by atoms with van der Waals surface area (Å²) < 4.78 is 49.6. The second kappa shape index (κ2) is 4.64. The molecule has 3 nitrogen and oxygen atoms in total. The number of hydrogen-bond donors (Lipinski definition) is 0. The smallest absolute Gasteiger partial charge is 0.274 e. The molecule has 0 aliphatic carbocycles. The molecule has 102 valence electrons. The molecule has 7 heteroatoms. The molecule has 0 spiro atoms. The molecule has 0 N–H and O–H groups in total. The van der Waals surface area contributed by atoms with E-state index in [4.69, 9.17) is 0 Å². The van der Waals surface area contributed by atoms with Gasteiger partial charge < -0.3 is 0 Å². The third-order valence-electron chi connectivity index (χ3n) is 2.87. The standard InChI is InChI=1S/C12H9F4NO2/c13-11(14)12(15,16)5-6-17-9(18)7-3-1-2-4-8(7)10(17)19/h1-4,11H,5-6H2. The second-order valence-electron chi connectivity index (χ2n) is 4.12.